The summed E-state index contributed by atoms with van der Waals surface area (Å²) in [7, 11) is 0. The molecule has 0 aliphatic carbocycles. The molecule has 0 bridgehead atoms. The average Bonchev–Trinajstić information content (AvgIpc) is 2.09. The zero-order chi connectivity index (χ0) is 8.81. The molecule has 0 radical (unpaired) electrons. The summed E-state index contributed by atoms with van der Waals surface area (Å²) in [6.45, 7) is 2.82. The van der Waals surface area contributed by atoms with Crippen LogP contribution in [0.5, 0.6) is 0 Å². The molecule has 2 nitrogen and oxygen atoms in total. The molecule has 1 fully saturated rings. The molecule has 70 valence electrons. The lowest BCUT2D eigenvalue weighted by molar-refractivity contribution is -0.153. The predicted molar refractivity (Wildman–Crippen MR) is 47.8 cm³/mol. The Bertz CT molecular complexity index is 143. The number of rotatable bonds is 4. The van der Waals surface area contributed by atoms with Crippen LogP contribution in [0, 0.1) is 5.92 Å². The monoisotopic (exact) mass is 170 g/mol. The third-order valence-corrected chi connectivity index (χ3v) is 2.43. The number of ether oxygens (including phenoxy) is 1. The zero-order valence-corrected chi connectivity index (χ0v) is 7.84. The lowest BCUT2D eigenvalue weighted by Gasteiger charge is -2.20. The fraction of sp³-hybridized carbons (Fsp3) is 0.900. The van der Waals surface area contributed by atoms with Crippen molar-refractivity contribution in [3.05, 3.63) is 0 Å². The molecule has 0 spiro atoms. The SMILES string of the molecule is CCCCC[C@@H]1CCCOC1=O. The zero-order valence-electron chi connectivity index (χ0n) is 7.84. The topological polar surface area (TPSA) is 26.3 Å². The number of carbonyl (C=O) groups is 1. The van der Waals surface area contributed by atoms with Gasteiger partial charge in [0.05, 0.1) is 12.5 Å². The molecule has 0 aromatic carbocycles. The summed E-state index contributed by atoms with van der Waals surface area (Å²) in [5.41, 5.74) is 0. The van der Waals surface area contributed by atoms with Gasteiger partial charge in [-0.15, -0.1) is 0 Å². The van der Waals surface area contributed by atoms with Crippen LogP contribution in [0.3, 0.4) is 0 Å². The number of hydrogen-bond acceptors (Lipinski definition) is 2. The average molecular weight is 170 g/mol. The maximum Gasteiger partial charge on any atom is 0.308 e. The molecule has 1 aliphatic heterocycles. The third-order valence-electron chi connectivity index (χ3n) is 2.43. The van der Waals surface area contributed by atoms with Crippen molar-refractivity contribution in [2.45, 2.75) is 45.4 Å². The summed E-state index contributed by atoms with van der Waals surface area (Å²) >= 11 is 0. The third kappa shape index (κ3) is 2.84. The number of cyclic esters (lactones) is 1. The van der Waals surface area contributed by atoms with Gasteiger partial charge in [0.1, 0.15) is 0 Å². The molecule has 1 atom stereocenters. The molecule has 0 aromatic heterocycles. The van der Waals surface area contributed by atoms with Crippen LogP contribution in [0.25, 0.3) is 0 Å². The molecular weight excluding hydrogens is 152 g/mol. The van der Waals surface area contributed by atoms with Gasteiger partial charge in [-0.05, 0) is 19.3 Å². The van der Waals surface area contributed by atoms with Crippen molar-refractivity contribution in [3.63, 3.8) is 0 Å². The van der Waals surface area contributed by atoms with Gasteiger partial charge in [-0.1, -0.05) is 26.2 Å². The van der Waals surface area contributed by atoms with E-state index in [1.165, 1.54) is 19.3 Å². The van der Waals surface area contributed by atoms with E-state index in [1.807, 2.05) is 0 Å². The molecule has 1 heterocycles. The van der Waals surface area contributed by atoms with E-state index in [-0.39, 0.29) is 11.9 Å². The first-order valence-corrected chi connectivity index (χ1v) is 5.01. The standard InChI is InChI=1S/C10H18O2/c1-2-3-4-6-9-7-5-8-12-10(9)11/h9H,2-8H2,1H3/t9-/m1/s1. The summed E-state index contributed by atoms with van der Waals surface area (Å²) < 4.78 is 4.98. The fourth-order valence-electron chi connectivity index (χ4n) is 1.64. The molecule has 0 saturated carbocycles. The largest absolute Gasteiger partial charge is 0.465 e. The maximum absolute atomic E-state index is 11.2. The molecule has 0 aromatic rings. The Morgan fingerprint density at radius 2 is 2.33 bits per heavy atom. The highest BCUT2D eigenvalue weighted by Gasteiger charge is 2.22. The smallest absolute Gasteiger partial charge is 0.308 e. The molecule has 12 heavy (non-hydrogen) atoms. The number of esters is 1. The summed E-state index contributed by atoms with van der Waals surface area (Å²) in [6.07, 6.45) is 6.78. The van der Waals surface area contributed by atoms with Gasteiger partial charge in [0.25, 0.3) is 0 Å². The highest BCUT2D eigenvalue weighted by molar-refractivity contribution is 5.72. The maximum atomic E-state index is 11.2. The van der Waals surface area contributed by atoms with Gasteiger partial charge < -0.3 is 4.74 Å². The quantitative estimate of drug-likeness (QED) is 0.478. The first-order valence-electron chi connectivity index (χ1n) is 5.01. The van der Waals surface area contributed by atoms with E-state index in [4.69, 9.17) is 4.74 Å². The number of unbranched alkanes of at least 4 members (excludes halogenated alkanes) is 2. The lowest BCUT2D eigenvalue weighted by Crippen LogP contribution is -2.23. The van der Waals surface area contributed by atoms with Gasteiger partial charge in [0.15, 0.2) is 0 Å². The Morgan fingerprint density at radius 3 is 3.00 bits per heavy atom. The van der Waals surface area contributed by atoms with E-state index in [9.17, 15) is 4.79 Å². The predicted octanol–water partition coefficient (Wildman–Crippen LogP) is 2.52. The highest BCUT2D eigenvalue weighted by atomic mass is 16.5. The minimum Gasteiger partial charge on any atom is -0.465 e. The van der Waals surface area contributed by atoms with Gasteiger partial charge in [-0.2, -0.15) is 0 Å². The second-order valence-electron chi connectivity index (χ2n) is 3.50. The molecule has 0 amide bonds. The molecular formula is C10H18O2. The first kappa shape index (κ1) is 9.56. The Balaban J connectivity index is 2.16. The molecule has 0 N–H and O–H groups in total. The van der Waals surface area contributed by atoms with E-state index < -0.39 is 0 Å². The van der Waals surface area contributed by atoms with E-state index in [2.05, 4.69) is 6.92 Å². The normalized spacial score (nSPS) is 23.8. The molecule has 0 unspecified atom stereocenters. The van der Waals surface area contributed by atoms with Crippen molar-refractivity contribution in [3.8, 4) is 0 Å². The van der Waals surface area contributed by atoms with Gasteiger partial charge in [0, 0.05) is 0 Å². The van der Waals surface area contributed by atoms with Crippen molar-refractivity contribution in [2.75, 3.05) is 6.61 Å². The molecule has 1 rings (SSSR count). The second kappa shape index (κ2) is 5.18. The van der Waals surface area contributed by atoms with Gasteiger partial charge in [-0.3, -0.25) is 4.79 Å². The second-order valence-corrected chi connectivity index (χ2v) is 3.50. The van der Waals surface area contributed by atoms with Crippen molar-refractivity contribution in [1.82, 2.24) is 0 Å². The Kier molecular flexibility index (Phi) is 4.12. The molecule has 1 aliphatic rings. The van der Waals surface area contributed by atoms with Crippen molar-refractivity contribution < 1.29 is 9.53 Å². The van der Waals surface area contributed by atoms with Crippen LogP contribution >= 0.6 is 0 Å². The summed E-state index contributed by atoms with van der Waals surface area (Å²) in [5.74, 6) is 0.252. The van der Waals surface area contributed by atoms with E-state index in [0.29, 0.717) is 6.61 Å². The Hall–Kier alpha value is -0.530. The summed E-state index contributed by atoms with van der Waals surface area (Å²) in [4.78, 5) is 11.2. The van der Waals surface area contributed by atoms with E-state index in [0.717, 1.165) is 19.3 Å². The van der Waals surface area contributed by atoms with Gasteiger partial charge in [-0.25, -0.2) is 0 Å². The minimum absolute atomic E-state index is 0.0392. The lowest BCUT2D eigenvalue weighted by atomic mass is 9.95. The van der Waals surface area contributed by atoms with Crippen LogP contribution in [0.4, 0.5) is 0 Å². The van der Waals surface area contributed by atoms with Crippen LogP contribution in [0.15, 0.2) is 0 Å². The van der Waals surface area contributed by atoms with Crippen molar-refractivity contribution in [2.24, 2.45) is 5.92 Å². The van der Waals surface area contributed by atoms with Gasteiger partial charge in [0.2, 0.25) is 0 Å². The Morgan fingerprint density at radius 1 is 1.50 bits per heavy atom. The van der Waals surface area contributed by atoms with Crippen LogP contribution < -0.4 is 0 Å². The van der Waals surface area contributed by atoms with Crippen LogP contribution in [-0.2, 0) is 9.53 Å². The summed E-state index contributed by atoms with van der Waals surface area (Å²) in [6, 6.07) is 0. The minimum atomic E-state index is 0.0392. The fourth-order valence-corrected chi connectivity index (χ4v) is 1.64. The van der Waals surface area contributed by atoms with Gasteiger partial charge >= 0.3 is 5.97 Å². The van der Waals surface area contributed by atoms with E-state index >= 15 is 0 Å². The molecule has 2 heteroatoms. The number of carbonyl (C=O) groups excluding carboxylic acids is 1. The van der Waals surface area contributed by atoms with E-state index in [1.54, 1.807) is 0 Å². The first-order chi connectivity index (χ1) is 5.84. The molecule has 1 saturated heterocycles. The highest BCUT2D eigenvalue weighted by Crippen LogP contribution is 2.21. The number of hydrogen-bond donors (Lipinski definition) is 0. The van der Waals surface area contributed by atoms with Crippen LogP contribution in [0.1, 0.15) is 45.4 Å². The summed E-state index contributed by atoms with van der Waals surface area (Å²) in [5, 5.41) is 0. The van der Waals surface area contributed by atoms with Crippen LogP contribution in [0.2, 0.25) is 0 Å². The Labute approximate surface area is 74.3 Å². The van der Waals surface area contributed by atoms with Crippen LogP contribution in [-0.4, -0.2) is 12.6 Å². The van der Waals surface area contributed by atoms with Crippen molar-refractivity contribution >= 4 is 5.97 Å². The van der Waals surface area contributed by atoms with Crippen molar-refractivity contribution in [1.29, 1.82) is 0 Å².